The first-order valence-corrected chi connectivity index (χ1v) is 14.8. The van der Waals surface area contributed by atoms with Gasteiger partial charge in [0.15, 0.2) is 15.4 Å². The normalized spacial score (nSPS) is 12.0. The van der Waals surface area contributed by atoms with Gasteiger partial charge in [-0.05, 0) is 79.1 Å². The number of hydrogen-bond donors (Lipinski definition) is 0. The summed E-state index contributed by atoms with van der Waals surface area (Å²) < 4.78 is 46.0. The number of ether oxygens (including phenoxy) is 4. The number of alkyl halides is 1. The van der Waals surface area contributed by atoms with Gasteiger partial charge in [-0.15, -0.1) is 0 Å². The fraction of sp³-hybridized carbons (Fsp3) is 0.345. The number of rotatable bonds is 14. The molecular weight excluding hydrogens is 528 g/mol. The quantitative estimate of drug-likeness (QED) is 0.167. The predicted octanol–water partition coefficient (Wildman–Crippen LogP) is 6.35. The summed E-state index contributed by atoms with van der Waals surface area (Å²) in [5.74, 6) is 2.21. The number of sulfone groups is 1. The second-order valence-corrected chi connectivity index (χ2v) is 11.2. The minimum Gasteiger partial charge on any atom is -0.493 e. The summed E-state index contributed by atoms with van der Waals surface area (Å²) in [6.45, 7) is 4.55. The predicted molar refractivity (Wildman–Crippen MR) is 147 cm³/mol. The topological polar surface area (TPSA) is 88.1 Å². The highest BCUT2D eigenvalue weighted by atomic mass is 35.5. The molecule has 204 valence electrons. The summed E-state index contributed by atoms with van der Waals surface area (Å²) in [5.41, 5.74) is 1.18. The number of esters is 1. The lowest BCUT2D eigenvalue weighted by Crippen LogP contribution is -2.14. The fourth-order valence-electron chi connectivity index (χ4n) is 3.69. The molecule has 1 atom stereocenters. The molecule has 0 aromatic heterocycles. The lowest BCUT2D eigenvalue weighted by atomic mass is 10.1. The molecule has 3 aromatic carbocycles. The van der Waals surface area contributed by atoms with Crippen LogP contribution in [0.2, 0.25) is 0 Å². The van der Waals surface area contributed by atoms with E-state index >= 15 is 0 Å². The van der Waals surface area contributed by atoms with Gasteiger partial charge < -0.3 is 18.9 Å². The van der Waals surface area contributed by atoms with E-state index in [1.165, 1.54) is 18.4 Å². The van der Waals surface area contributed by atoms with Crippen LogP contribution in [-0.2, 0) is 32.2 Å². The van der Waals surface area contributed by atoms with Gasteiger partial charge in [-0.2, -0.15) is 0 Å². The van der Waals surface area contributed by atoms with Gasteiger partial charge in [0.05, 0.1) is 24.5 Å². The van der Waals surface area contributed by atoms with Crippen LogP contribution in [0, 0.1) is 0 Å². The van der Waals surface area contributed by atoms with Gasteiger partial charge in [0.25, 0.3) is 0 Å². The summed E-state index contributed by atoms with van der Waals surface area (Å²) >= 11 is 6.39. The number of halogens is 1. The molecule has 0 aliphatic carbocycles. The zero-order valence-corrected chi connectivity index (χ0v) is 23.4. The molecule has 0 aliphatic rings. The first-order chi connectivity index (χ1) is 18.2. The third-order valence-corrected chi connectivity index (χ3v) is 6.89. The smallest absolute Gasteiger partial charge is 0.310 e. The highest BCUT2D eigenvalue weighted by Gasteiger charge is 2.12. The Bertz CT molecular complexity index is 1310. The maximum absolute atomic E-state index is 11.7. The molecular formula is C29H33ClO7S. The summed E-state index contributed by atoms with van der Waals surface area (Å²) in [5, 5.41) is 0. The Morgan fingerprint density at radius 1 is 0.947 bits per heavy atom. The first-order valence-electron chi connectivity index (χ1n) is 12.5. The van der Waals surface area contributed by atoms with Crippen LogP contribution < -0.4 is 14.2 Å². The van der Waals surface area contributed by atoms with Crippen molar-refractivity contribution in [2.24, 2.45) is 0 Å². The highest BCUT2D eigenvalue weighted by Crippen LogP contribution is 2.30. The molecule has 0 N–H and O–H groups in total. The van der Waals surface area contributed by atoms with E-state index in [1.54, 1.807) is 31.2 Å². The average molecular weight is 561 g/mol. The average Bonchev–Trinajstić information content (AvgIpc) is 2.85. The van der Waals surface area contributed by atoms with Crippen LogP contribution in [0.1, 0.15) is 37.8 Å². The zero-order chi connectivity index (χ0) is 27.5. The maximum atomic E-state index is 11.7. The Hall–Kier alpha value is -3.23. The van der Waals surface area contributed by atoms with E-state index in [-0.39, 0.29) is 17.3 Å². The van der Waals surface area contributed by atoms with E-state index in [0.29, 0.717) is 36.9 Å². The molecule has 0 saturated carbocycles. The van der Waals surface area contributed by atoms with E-state index in [9.17, 15) is 13.2 Å². The van der Waals surface area contributed by atoms with Crippen molar-refractivity contribution in [1.82, 2.24) is 0 Å². The van der Waals surface area contributed by atoms with Crippen molar-refractivity contribution in [3.63, 3.8) is 0 Å². The minimum absolute atomic E-state index is 0.174. The largest absolute Gasteiger partial charge is 0.493 e. The van der Waals surface area contributed by atoms with Crippen LogP contribution in [-0.4, -0.2) is 39.4 Å². The number of carbonyl (C=O) groups excluding carboxylic acids is 1. The second-order valence-electron chi connectivity index (χ2n) is 8.66. The van der Waals surface area contributed by atoms with E-state index < -0.39 is 15.4 Å². The van der Waals surface area contributed by atoms with Crippen LogP contribution in [0.4, 0.5) is 0 Å². The van der Waals surface area contributed by atoms with Crippen molar-refractivity contribution in [3.05, 3.63) is 77.9 Å². The van der Waals surface area contributed by atoms with Gasteiger partial charge in [0.1, 0.15) is 23.0 Å². The molecule has 0 fully saturated rings. The van der Waals surface area contributed by atoms with Crippen molar-refractivity contribution >= 4 is 27.4 Å². The molecule has 1 unspecified atom stereocenters. The van der Waals surface area contributed by atoms with Crippen LogP contribution in [0.15, 0.2) is 71.6 Å². The highest BCUT2D eigenvalue weighted by molar-refractivity contribution is 7.90. The van der Waals surface area contributed by atoms with Crippen LogP contribution in [0.3, 0.4) is 0 Å². The van der Waals surface area contributed by atoms with Crippen molar-refractivity contribution in [1.29, 1.82) is 0 Å². The summed E-state index contributed by atoms with van der Waals surface area (Å²) in [6, 6.07) is 19.1. The molecule has 38 heavy (non-hydrogen) atoms. The molecule has 0 saturated heterocycles. The van der Waals surface area contributed by atoms with Crippen molar-refractivity contribution in [2.45, 2.75) is 50.0 Å². The van der Waals surface area contributed by atoms with E-state index in [1.807, 2.05) is 30.3 Å². The summed E-state index contributed by atoms with van der Waals surface area (Å²) in [4.78, 5) is 12.0. The fourth-order valence-corrected chi connectivity index (χ4v) is 4.51. The summed E-state index contributed by atoms with van der Waals surface area (Å²) in [7, 11) is -3.26. The van der Waals surface area contributed by atoms with Crippen LogP contribution in [0.5, 0.6) is 23.0 Å². The van der Waals surface area contributed by atoms with Crippen LogP contribution >= 0.6 is 11.6 Å². The molecule has 3 aromatic rings. The molecule has 0 amide bonds. The van der Waals surface area contributed by atoms with Gasteiger partial charge in [0.2, 0.25) is 0 Å². The Labute approximate surface area is 229 Å². The SMILES string of the molecule is CCCc1cc(Oc2ccc(S(C)(=O)=O)cc2)ccc1OCCC(Cl)Oc1cccc(CC(=O)OCC)c1. The number of aryl methyl sites for hydroxylation is 1. The summed E-state index contributed by atoms with van der Waals surface area (Å²) in [6.07, 6.45) is 3.51. The number of carbonyl (C=O) groups is 1. The third kappa shape index (κ3) is 9.26. The lowest BCUT2D eigenvalue weighted by molar-refractivity contribution is -0.142. The molecule has 0 radical (unpaired) electrons. The lowest BCUT2D eigenvalue weighted by Gasteiger charge is -2.16. The molecule has 0 aliphatic heterocycles. The van der Waals surface area contributed by atoms with Gasteiger partial charge in [-0.25, -0.2) is 8.42 Å². The van der Waals surface area contributed by atoms with Crippen LogP contribution in [0.25, 0.3) is 0 Å². The second kappa shape index (κ2) is 14.1. The molecule has 9 heteroatoms. The third-order valence-electron chi connectivity index (χ3n) is 5.46. The molecule has 0 bridgehead atoms. The Morgan fingerprint density at radius 3 is 2.37 bits per heavy atom. The van der Waals surface area contributed by atoms with Gasteiger partial charge in [-0.1, -0.05) is 37.1 Å². The molecule has 0 spiro atoms. The maximum Gasteiger partial charge on any atom is 0.310 e. The Kier molecular flexibility index (Phi) is 10.9. The van der Waals surface area contributed by atoms with Crippen molar-refractivity contribution in [2.75, 3.05) is 19.5 Å². The monoisotopic (exact) mass is 560 g/mol. The number of benzene rings is 3. The van der Waals surface area contributed by atoms with Gasteiger partial charge in [-0.3, -0.25) is 4.79 Å². The van der Waals surface area contributed by atoms with E-state index in [0.717, 1.165) is 29.7 Å². The minimum atomic E-state index is -3.26. The van der Waals surface area contributed by atoms with E-state index in [4.69, 9.17) is 30.5 Å². The first kappa shape index (κ1) is 29.3. The van der Waals surface area contributed by atoms with Gasteiger partial charge >= 0.3 is 5.97 Å². The van der Waals surface area contributed by atoms with E-state index in [2.05, 4.69) is 6.92 Å². The van der Waals surface area contributed by atoms with Gasteiger partial charge in [0, 0.05) is 12.7 Å². The molecule has 0 heterocycles. The Balaban J connectivity index is 1.55. The van der Waals surface area contributed by atoms with Crippen molar-refractivity contribution in [3.8, 4) is 23.0 Å². The molecule has 7 nitrogen and oxygen atoms in total. The standard InChI is InChI=1S/C29H33ClO7S/c1-4-7-22-20-25(36-23-10-13-26(14-11-23)38(3,32)33)12-15-27(22)35-17-16-28(30)37-24-9-6-8-21(18-24)19-29(31)34-5-2/h6,8-15,18,20,28H,4-5,7,16-17,19H2,1-3H3. The zero-order valence-electron chi connectivity index (χ0n) is 21.8. The Morgan fingerprint density at radius 2 is 1.68 bits per heavy atom. The molecule has 3 rings (SSSR count). The number of hydrogen-bond acceptors (Lipinski definition) is 7. The van der Waals surface area contributed by atoms with Crippen molar-refractivity contribution < 1.29 is 32.2 Å².